The van der Waals surface area contributed by atoms with Gasteiger partial charge in [-0.1, -0.05) is 0 Å². The molecule has 3 nitrogen and oxygen atoms in total. The number of carbonyl (C=O) groups excluding carboxylic acids is 1. The molecule has 1 aromatic heterocycles. The van der Waals surface area contributed by atoms with Gasteiger partial charge in [-0.05, 0) is 61.0 Å². The van der Waals surface area contributed by atoms with Gasteiger partial charge in [0.1, 0.15) is 0 Å². The van der Waals surface area contributed by atoms with Gasteiger partial charge in [0.25, 0.3) is 5.91 Å². The predicted octanol–water partition coefficient (Wildman–Crippen LogP) is 3.40. The Morgan fingerprint density at radius 2 is 2.20 bits per heavy atom. The average molecular weight is 286 g/mol. The lowest BCUT2D eigenvalue weighted by molar-refractivity contribution is 0.0678. The Hall–Kier alpha value is -1.81. The first-order chi connectivity index (χ1) is 9.58. The number of thiophene rings is 1. The first-order valence-corrected chi connectivity index (χ1v) is 7.69. The van der Waals surface area contributed by atoms with E-state index in [0.29, 0.717) is 5.69 Å². The maximum absolute atomic E-state index is 12.8. The van der Waals surface area contributed by atoms with E-state index in [1.54, 1.807) is 17.4 Å². The number of nitrogens with two attached hydrogens (primary N) is 1. The number of nitrogen functional groups attached to an aromatic ring is 1. The molecule has 20 heavy (non-hydrogen) atoms. The summed E-state index contributed by atoms with van der Waals surface area (Å²) in [4.78, 5) is 16.1. The normalized spacial score (nSPS) is 17.9. The Kier molecular flexibility index (Phi) is 3.26. The maximum atomic E-state index is 12.8. The van der Waals surface area contributed by atoms with E-state index in [1.807, 2.05) is 24.0 Å². The largest absolute Gasteiger partial charge is 0.399 e. The van der Waals surface area contributed by atoms with Crippen molar-refractivity contribution in [2.75, 3.05) is 12.3 Å². The van der Waals surface area contributed by atoms with Crippen molar-refractivity contribution in [2.24, 2.45) is 0 Å². The van der Waals surface area contributed by atoms with Crippen LogP contribution in [0.3, 0.4) is 0 Å². The van der Waals surface area contributed by atoms with E-state index in [2.05, 4.69) is 18.4 Å². The predicted molar refractivity (Wildman–Crippen MR) is 83.1 cm³/mol. The zero-order valence-electron chi connectivity index (χ0n) is 11.7. The topological polar surface area (TPSA) is 46.3 Å². The van der Waals surface area contributed by atoms with E-state index in [9.17, 15) is 4.79 Å². The van der Waals surface area contributed by atoms with Crippen LogP contribution in [-0.4, -0.2) is 17.4 Å². The minimum atomic E-state index is 0.104. The maximum Gasteiger partial charge on any atom is 0.254 e. The van der Waals surface area contributed by atoms with Crippen molar-refractivity contribution in [3.63, 3.8) is 0 Å². The fourth-order valence-corrected chi connectivity index (χ4v) is 3.83. The Morgan fingerprint density at radius 3 is 2.95 bits per heavy atom. The molecular weight excluding hydrogens is 268 g/mol. The summed E-state index contributed by atoms with van der Waals surface area (Å²) in [5.74, 6) is 0.104. The van der Waals surface area contributed by atoms with Crippen LogP contribution in [0.4, 0.5) is 5.69 Å². The van der Waals surface area contributed by atoms with Crippen LogP contribution in [0.5, 0.6) is 0 Å². The monoisotopic (exact) mass is 286 g/mol. The molecule has 0 saturated carbocycles. The van der Waals surface area contributed by atoms with E-state index in [4.69, 9.17) is 5.73 Å². The molecular formula is C16H18N2OS. The number of anilines is 1. The van der Waals surface area contributed by atoms with Gasteiger partial charge in [0.15, 0.2) is 0 Å². The molecule has 1 aliphatic rings. The molecule has 1 unspecified atom stereocenters. The molecule has 3 rings (SSSR count). The van der Waals surface area contributed by atoms with Crippen molar-refractivity contribution in [1.29, 1.82) is 0 Å². The van der Waals surface area contributed by atoms with Gasteiger partial charge in [-0.25, -0.2) is 0 Å². The van der Waals surface area contributed by atoms with Crippen LogP contribution in [0.15, 0.2) is 29.6 Å². The smallest absolute Gasteiger partial charge is 0.254 e. The van der Waals surface area contributed by atoms with Crippen LogP contribution >= 0.6 is 11.3 Å². The molecule has 0 spiro atoms. The fraction of sp³-hybridized carbons (Fsp3) is 0.312. The van der Waals surface area contributed by atoms with E-state index in [-0.39, 0.29) is 11.9 Å². The van der Waals surface area contributed by atoms with Gasteiger partial charge in [0, 0.05) is 22.7 Å². The molecule has 1 aromatic carbocycles. The molecule has 1 aliphatic heterocycles. The number of rotatable bonds is 1. The second-order valence-electron chi connectivity index (χ2n) is 5.30. The van der Waals surface area contributed by atoms with Crippen molar-refractivity contribution in [3.8, 4) is 0 Å². The fourth-order valence-electron chi connectivity index (χ4n) is 2.87. The molecule has 1 amide bonds. The molecule has 0 saturated heterocycles. The van der Waals surface area contributed by atoms with Crippen molar-refractivity contribution >= 4 is 22.9 Å². The Labute approximate surface area is 123 Å². The number of hydrogen-bond acceptors (Lipinski definition) is 3. The van der Waals surface area contributed by atoms with Crippen molar-refractivity contribution in [1.82, 2.24) is 4.90 Å². The third-order valence-corrected chi connectivity index (χ3v) is 5.02. The molecule has 2 N–H and O–H groups in total. The second kappa shape index (κ2) is 4.94. The van der Waals surface area contributed by atoms with Crippen LogP contribution in [0.25, 0.3) is 0 Å². The van der Waals surface area contributed by atoms with E-state index in [0.717, 1.165) is 24.1 Å². The summed E-state index contributed by atoms with van der Waals surface area (Å²) >= 11 is 1.79. The first-order valence-electron chi connectivity index (χ1n) is 6.81. The number of aryl methyl sites for hydroxylation is 1. The summed E-state index contributed by atoms with van der Waals surface area (Å²) in [6.07, 6.45) is 0.955. The molecule has 0 aliphatic carbocycles. The average Bonchev–Trinajstić information content (AvgIpc) is 2.87. The van der Waals surface area contributed by atoms with Crippen LogP contribution in [0, 0.1) is 6.92 Å². The quantitative estimate of drug-likeness (QED) is 0.817. The van der Waals surface area contributed by atoms with Crippen molar-refractivity contribution in [2.45, 2.75) is 26.3 Å². The molecule has 2 aromatic rings. The number of nitrogens with zero attached hydrogens (tertiary/aromatic N) is 1. The SMILES string of the molecule is Cc1cc(N)ccc1C(=O)N1CCc2sccc2C1C. The van der Waals surface area contributed by atoms with Gasteiger partial charge in [0.05, 0.1) is 6.04 Å². The zero-order valence-corrected chi connectivity index (χ0v) is 12.5. The van der Waals surface area contributed by atoms with Crippen LogP contribution < -0.4 is 5.73 Å². The number of amides is 1. The minimum Gasteiger partial charge on any atom is -0.399 e. The summed E-state index contributed by atoms with van der Waals surface area (Å²) < 4.78 is 0. The van der Waals surface area contributed by atoms with E-state index < -0.39 is 0 Å². The lowest BCUT2D eigenvalue weighted by atomic mass is 9.99. The number of benzene rings is 1. The van der Waals surface area contributed by atoms with Gasteiger partial charge < -0.3 is 10.6 Å². The lowest BCUT2D eigenvalue weighted by Crippen LogP contribution is -2.38. The van der Waals surface area contributed by atoms with Crippen LogP contribution in [-0.2, 0) is 6.42 Å². The Morgan fingerprint density at radius 1 is 1.40 bits per heavy atom. The molecule has 1 atom stereocenters. The van der Waals surface area contributed by atoms with Crippen molar-refractivity contribution < 1.29 is 4.79 Å². The van der Waals surface area contributed by atoms with Gasteiger partial charge in [-0.3, -0.25) is 4.79 Å². The Balaban J connectivity index is 1.92. The van der Waals surface area contributed by atoms with Crippen LogP contribution in [0.2, 0.25) is 0 Å². The molecule has 4 heteroatoms. The summed E-state index contributed by atoms with van der Waals surface area (Å²) in [7, 11) is 0. The molecule has 0 bridgehead atoms. The number of carbonyl (C=O) groups is 1. The highest BCUT2D eigenvalue weighted by atomic mass is 32.1. The highest BCUT2D eigenvalue weighted by Crippen LogP contribution is 2.34. The third-order valence-electron chi connectivity index (χ3n) is 4.02. The molecule has 0 fully saturated rings. The second-order valence-corrected chi connectivity index (χ2v) is 6.30. The lowest BCUT2D eigenvalue weighted by Gasteiger charge is -2.34. The summed E-state index contributed by atoms with van der Waals surface area (Å²) in [5, 5.41) is 2.11. The van der Waals surface area contributed by atoms with Gasteiger partial charge >= 0.3 is 0 Å². The van der Waals surface area contributed by atoms with Crippen molar-refractivity contribution in [3.05, 3.63) is 51.2 Å². The summed E-state index contributed by atoms with van der Waals surface area (Å²) in [6.45, 7) is 4.83. The third kappa shape index (κ3) is 2.10. The van der Waals surface area contributed by atoms with Crippen LogP contribution in [0.1, 0.15) is 39.3 Å². The number of hydrogen-bond donors (Lipinski definition) is 1. The van der Waals surface area contributed by atoms with Gasteiger partial charge in [0.2, 0.25) is 0 Å². The summed E-state index contributed by atoms with van der Waals surface area (Å²) in [6, 6.07) is 7.78. The highest BCUT2D eigenvalue weighted by Gasteiger charge is 2.29. The molecule has 104 valence electrons. The number of fused-ring (bicyclic) bond motifs is 1. The zero-order chi connectivity index (χ0) is 14.3. The van der Waals surface area contributed by atoms with Gasteiger partial charge in [-0.15, -0.1) is 11.3 Å². The Bertz CT molecular complexity index is 662. The first kappa shape index (κ1) is 13.2. The standard InChI is InChI=1S/C16H18N2OS/c1-10-9-12(17)3-4-13(10)16(19)18-7-5-15-14(11(18)2)6-8-20-15/h3-4,6,8-9,11H,5,7,17H2,1-2H3. The van der Waals surface area contributed by atoms with E-state index >= 15 is 0 Å². The highest BCUT2D eigenvalue weighted by molar-refractivity contribution is 7.10. The molecule has 0 radical (unpaired) electrons. The van der Waals surface area contributed by atoms with Gasteiger partial charge in [-0.2, -0.15) is 0 Å². The molecule has 2 heterocycles. The summed E-state index contributed by atoms with van der Waals surface area (Å²) in [5.41, 5.74) is 9.45. The van der Waals surface area contributed by atoms with E-state index in [1.165, 1.54) is 10.4 Å². The minimum absolute atomic E-state index is 0.104.